The van der Waals surface area contributed by atoms with Crippen LogP contribution >= 0.6 is 0 Å². The number of hydrogen-bond acceptors (Lipinski definition) is 2. The summed E-state index contributed by atoms with van der Waals surface area (Å²) in [5.41, 5.74) is -0.376. The maximum Gasteiger partial charge on any atom is 0.0688 e. The molecule has 13 heavy (non-hydrogen) atoms. The summed E-state index contributed by atoms with van der Waals surface area (Å²) < 4.78 is 0. The molecule has 3 rings (SSSR count). The van der Waals surface area contributed by atoms with E-state index >= 15 is 0 Å². The molecule has 0 radical (unpaired) electrons. The summed E-state index contributed by atoms with van der Waals surface area (Å²) in [5.74, 6) is 2.90. The van der Waals surface area contributed by atoms with Crippen molar-refractivity contribution in [3.63, 3.8) is 0 Å². The molecule has 5 unspecified atom stereocenters. The smallest absolute Gasteiger partial charge is 0.0688 e. The van der Waals surface area contributed by atoms with Gasteiger partial charge in [-0.1, -0.05) is 0 Å². The van der Waals surface area contributed by atoms with E-state index in [1.54, 1.807) is 0 Å². The van der Waals surface area contributed by atoms with Crippen molar-refractivity contribution in [2.75, 3.05) is 13.1 Å². The molecule has 2 aliphatic carbocycles. The van der Waals surface area contributed by atoms with Gasteiger partial charge >= 0.3 is 0 Å². The molecule has 0 amide bonds. The van der Waals surface area contributed by atoms with Crippen molar-refractivity contribution < 1.29 is 5.11 Å². The molecule has 0 aromatic rings. The molecule has 0 aromatic carbocycles. The first kappa shape index (κ1) is 8.25. The highest BCUT2D eigenvalue weighted by atomic mass is 16.3. The van der Waals surface area contributed by atoms with Crippen molar-refractivity contribution in [1.82, 2.24) is 5.32 Å². The minimum Gasteiger partial charge on any atom is -0.390 e. The highest BCUT2D eigenvalue weighted by Gasteiger charge is 2.53. The molecule has 2 nitrogen and oxygen atoms in total. The number of aliphatic hydroxyl groups is 1. The largest absolute Gasteiger partial charge is 0.390 e. The monoisotopic (exact) mass is 181 g/mol. The lowest BCUT2D eigenvalue weighted by atomic mass is 9.70. The van der Waals surface area contributed by atoms with Crippen LogP contribution in [0.4, 0.5) is 0 Å². The fraction of sp³-hybridized carbons (Fsp3) is 1.00. The van der Waals surface area contributed by atoms with E-state index in [0.717, 1.165) is 18.4 Å². The predicted octanol–water partition coefficient (Wildman–Crippen LogP) is 1.00. The summed E-state index contributed by atoms with van der Waals surface area (Å²) in [6.45, 7) is 4.30. The summed E-state index contributed by atoms with van der Waals surface area (Å²) in [6, 6.07) is 0. The second kappa shape index (κ2) is 2.48. The van der Waals surface area contributed by atoms with Crippen molar-refractivity contribution in [2.45, 2.75) is 31.8 Å². The molecule has 3 fully saturated rings. The van der Waals surface area contributed by atoms with Crippen LogP contribution in [0.1, 0.15) is 26.2 Å². The Kier molecular flexibility index (Phi) is 1.58. The van der Waals surface area contributed by atoms with Crippen LogP contribution in [0, 0.1) is 23.7 Å². The summed E-state index contributed by atoms with van der Waals surface area (Å²) in [7, 11) is 0. The standard InChI is InChI=1S/C11H19NO/c1-11(13)9-2-7-3-10(11)6-12-5-8(7)4-9/h7-10,12-13H,2-6H2,1H3. The van der Waals surface area contributed by atoms with Crippen LogP contribution in [-0.2, 0) is 0 Å². The number of rotatable bonds is 0. The van der Waals surface area contributed by atoms with Crippen molar-refractivity contribution in [3.05, 3.63) is 0 Å². The zero-order valence-corrected chi connectivity index (χ0v) is 8.29. The topological polar surface area (TPSA) is 32.3 Å². The SMILES string of the molecule is CC1(O)C2CNCC3CC1CC3C2. The van der Waals surface area contributed by atoms with Crippen LogP contribution in [-0.4, -0.2) is 23.8 Å². The normalized spacial score (nSPS) is 59.5. The molecule has 5 atom stereocenters. The van der Waals surface area contributed by atoms with Gasteiger partial charge in [0.05, 0.1) is 5.60 Å². The maximum absolute atomic E-state index is 10.4. The Hall–Kier alpha value is -0.0800. The molecule has 3 aliphatic rings. The van der Waals surface area contributed by atoms with Crippen molar-refractivity contribution in [1.29, 1.82) is 0 Å². The lowest BCUT2D eigenvalue weighted by Gasteiger charge is -2.42. The molecule has 2 heteroatoms. The molecular formula is C11H19NO. The van der Waals surface area contributed by atoms with E-state index in [1.165, 1.54) is 25.8 Å². The Morgan fingerprint density at radius 3 is 2.62 bits per heavy atom. The number of nitrogens with one attached hydrogen (secondary N) is 1. The summed E-state index contributed by atoms with van der Waals surface area (Å²) in [5, 5.41) is 13.9. The van der Waals surface area contributed by atoms with E-state index in [0.29, 0.717) is 11.8 Å². The molecular weight excluding hydrogens is 162 g/mol. The average molecular weight is 181 g/mol. The van der Waals surface area contributed by atoms with Gasteiger partial charge in [-0.2, -0.15) is 0 Å². The van der Waals surface area contributed by atoms with E-state index in [1.807, 2.05) is 0 Å². The highest BCUT2D eigenvalue weighted by molar-refractivity contribution is 5.05. The fourth-order valence-electron chi connectivity index (χ4n) is 3.90. The Morgan fingerprint density at radius 2 is 1.77 bits per heavy atom. The fourth-order valence-corrected chi connectivity index (χ4v) is 3.90. The molecule has 2 saturated carbocycles. The zero-order valence-electron chi connectivity index (χ0n) is 8.29. The lowest BCUT2D eigenvalue weighted by Crippen LogP contribution is -2.48. The van der Waals surface area contributed by atoms with Gasteiger partial charge in [0.2, 0.25) is 0 Å². The lowest BCUT2D eigenvalue weighted by molar-refractivity contribution is -0.0731. The predicted molar refractivity (Wildman–Crippen MR) is 51.3 cm³/mol. The van der Waals surface area contributed by atoms with Gasteiger partial charge in [0, 0.05) is 12.5 Å². The van der Waals surface area contributed by atoms with E-state index < -0.39 is 0 Å². The van der Waals surface area contributed by atoms with Crippen LogP contribution < -0.4 is 5.32 Å². The number of hydrogen-bond donors (Lipinski definition) is 2. The van der Waals surface area contributed by atoms with Gasteiger partial charge in [-0.15, -0.1) is 0 Å². The molecule has 1 saturated heterocycles. The van der Waals surface area contributed by atoms with Gasteiger partial charge in [0.1, 0.15) is 0 Å². The third-order valence-corrected chi connectivity index (χ3v) is 4.88. The van der Waals surface area contributed by atoms with E-state index in [4.69, 9.17) is 0 Å². The van der Waals surface area contributed by atoms with E-state index in [9.17, 15) is 5.11 Å². The number of fused-ring (bicyclic) bond motifs is 2. The third-order valence-electron chi connectivity index (χ3n) is 4.88. The molecule has 74 valence electrons. The molecule has 3 bridgehead atoms. The minimum absolute atomic E-state index is 0.376. The first-order chi connectivity index (χ1) is 6.18. The second-order valence-corrected chi connectivity index (χ2v) is 5.51. The van der Waals surface area contributed by atoms with Gasteiger partial charge in [-0.3, -0.25) is 0 Å². The van der Waals surface area contributed by atoms with Crippen LogP contribution in [0.15, 0.2) is 0 Å². The van der Waals surface area contributed by atoms with Gasteiger partial charge in [0.25, 0.3) is 0 Å². The summed E-state index contributed by atoms with van der Waals surface area (Å²) in [6.07, 6.45) is 3.82. The van der Waals surface area contributed by atoms with Crippen LogP contribution in [0.25, 0.3) is 0 Å². The quantitative estimate of drug-likeness (QED) is 0.584. The average Bonchev–Trinajstić information content (AvgIpc) is 2.34. The van der Waals surface area contributed by atoms with Gasteiger partial charge < -0.3 is 10.4 Å². The molecule has 1 aliphatic heterocycles. The Labute approximate surface area is 79.7 Å². The van der Waals surface area contributed by atoms with Crippen LogP contribution in [0.3, 0.4) is 0 Å². The van der Waals surface area contributed by atoms with Gasteiger partial charge in [-0.25, -0.2) is 0 Å². The molecule has 1 heterocycles. The van der Waals surface area contributed by atoms with E-state index in [-0.39, 0.29) is 5.60 Å². The van der Waals surface area contributed by atoms with Crippen LogP contribution in [0.2, 0.25) is 0 Å². The zero-order chi connectivity index (χ0) is 9.05. The maximum atomic E-state index is 10.4. The van der Waals surface area contributed by atoms with Crippen molar-refractivity contribution in [3.8, 4) is 0 Å². The third kappa shape index (κ3) is 1.02. The van der Waals surface area contributed by atoms with Crippen molar-refractivity contribution >= 4 is 0 Å². The molecule has 0 spiro atoms. The second-order valence-electron chi connectivity index (χ2n) is 5.51. The Bertz CT molecular complexity index is 226. The van der Waals surface area contributed by atoms with Crippen LogP contribution in [0.5, 0.6) is 0 Å². The minimum atomic E-state index is -0.376. The first-order valence-corrected chi connectivity index (χ1v) is 5.61. The van der Waals surface area contributed by atoms with E-state index in [2.05, 4.69) is 12.2 Å². The highest BCUT2D eigenvalue weighted by Crippen LogP contribution is 2.53. The molecule has 2 N–H and O–H groups in total. The van der Waals surface area contributed by atoms with Gasteiger partial charge in [-0.05, 0) is 50.5 Å². The van der Waals surface area contributed by atoms with Gasteiger partial charge in [0.15, 0.2) is 0 Å². The Morgan fingerprint density at radius 1 is 1.08 bits per heavy atom. The summed E-state index contributed by atoms with van der Waals surface area (Å²) in [4.78, 5) is 0. The first-order valence-electron chi connectivity index (χ1n) is 5.61. The Balaban J connectivity index is 1.97. The summed E-state index contributed by atoms with van der Waals surface area (Å²) >= 11 is 0. The molecule has 0 aromatic heterocycles. The van der Waals surface area contributed by atoms with Crippen molar-refractivity contribution in [2.24, 2.45) is 23.7 Å².